The van der Waals surface area contributed by atoms with E-state index in [1.165, 1.54) is 5.56 Å². The van der Waals surface area contributed by atoms with E-state index >= 15 is 0 Å². The Hall–Kier alpha value is -2.82. The van der Waals surface area contributed by atoms with Crippen LogP contribution < -0.4 is 10.1 Å². The van der Waals surface area contributed by atoms with Crippen molar-refractivity contribution in [2.24, 2.45) is 0 Å². The van der Waals surface area contributed by atoms with Crippen molar-refractivity contribution in [3.05, 3.63) is 65.2 Å². The van der Waals surface area contributed by atoms with E-state index in [0.717, 1.165) is 11.1 Å². The number of carbonyl (C=O) groups excluding carboxylic acids is 2. The van der Waals surface area contributed by atoms with Crippen molar-refractivity contribution in [2.75, 3.05) is 13.7 Å². The average molecular weight is 383 g/mol. The van der Waals surface area contributed by atoms with Crippen LogP contribution in [0, 0.1) is 6.92 Å². The molecule has 0 aromatic heterocycles. The molecular weight excluding hydrogens is 352 g/mol. The minimum Gasteiger partial charge on any atom is -0.484 e. The number of likely N-dealkylation sites (N-methyl/N-ethyl adjacent to an activating group) is 1. The number of nitrogens with one attached hydrogen (secondary N) is 1. The molecule has 0 saturated heterocycles. The molecule has 0 aliphatic heterocycles. The van der Waals surface area contributed by atoms with Crippen molar-refractivity contribution in [3.8, 4) is 5.75 Å². The highest BCUT2D eigenvalue weighted by Gasteiger charge is 2.26. The predicted molar refractivity (Wildman–Crippen MR) is 111 cm³/mol. The van der Waals surface area contributed by atoms with Gasteiger partial charge in [-0.15, -0.1) is 0 Å². The van der Waals surface area contributed by atoms with Gasteiger partial charge in [-0.2, -0.15) is 0 Å². The summed E-state index contributed by atoms with van der Waals surface area (Å²) in [5.74, 6) is 0.644. The quantitative estimate of drug-likeness (QED) is 0.758. The standard InChI is InChI=1S/C23H30N2O3/c1-16(2)19-10-12-21(13-11-19)28-15-22(26)25(18(4)23(27)24-5)14-20-9-7-6-8-17(20)3/h6-13,16,18H,14-15H2,1-5H3,(H,24,27)/t18-/m1/s1. The van der Waals surface area contributed by atoms with Crippen LogP contribution in [-0.2, 0) is 16.1 Å². The minimum atomic E-state index is -0.593. The summed E-state index contributed by atoms with van der Waals surface area (Å²) < 4.78 is 5.69. The molecule has 0 spiro atoms. The molecule has 2 aromatic rings. The molecule has 2 aromatic carbocycles. The largest absolute Gasteiger partial charge is 0.484 e. The molecule has 0 unspecified atom stereocenters. The van der Waals surface area contributed by atoms with Crippen LogP contribution in [0.1, 0.15) is 43.4 Å². The Balaban J connectivity index is 2.11. The second-order valence-corrected chi connectivity index (χ2v) is 7.25. The monoisotopic (exact) mass is 382 g/mol. The Morgan fingerprint density at radius 1 is 1.04 bits per heavy atom. The topological polar surface area (TPSA) is 58.6 Å². The number of nitrogens with zero attached hydrogens (tertiary/aromatic N) is 1. The SMILES string of the molecule is CNC(=O)[C@@H](C)N(Cc1ccccc1C)C(=O)COc1ccc(C(C)C)cc1. The number of hydrogen-bond donors (Lipinski definition) is 1. The molecule has 0 aliphatic rings. The number of carbonyl (C=O) groups is 2. The first-order valence-corrected chi connectivity index (χ1v) is 9.61. The molecule has 0 radical (unpaired) electrons. The Labute approximate surface area is 167 Å². The van der Waals surface area contributed by atoms with Crippen LogP contribution in [0.25, 0.3) is 0 Å². The molecule has 5 heteroatoms. The molecule has 2 rings (SSSR count). The van der Waals surface area contributed by atoms with E-state index in [-0.39, 0.29) is 18.4 Å². The smallest absolute Gasteiger partial charge is 0.261 e. The van der Waals surface area contributed by atoms with Gasteiger partial charge in [0.2, 0.25) is 5.91 Å². The summed E-state index contributed by atoms with van der Waals surface area (Å²) in [7, 11) is 1.57. The number of amides is 2. The second-order valence-electron chi connectivity index (χ2n) is 7.25. The van der Waals surface area contributed by atoms with E-state index in [1.54, 1.807) is 18.9 Å². The zero-order valence-corrected chi connectivity index (χ0v) is 17.4. The van der Waals surface area contributed by atoms with Gasteiger partial charge in [0.25, 0.3) is 5.91 Å². The van der Waals surface area contributed by atoms with E-state index < -0.39 is 6.04 Å². The van der Waals surface area contributed by atoms with Gasteiger partial charge in [-0.25, -0.2) is 0 Å². The van der Waals surface area contributed by atoms with Crippen LogP contribution in [0.4, 0.5) is 0 Å². The lowest BCUT2D eigenvalue weighted by molar-refractivity contribution is -0.142. The Bertz CT molecular complexity index is 800. The highest BCUT2D eigenvalue weighted by Crippen LogP contribution is 2.19. The number of benzene rings is 2. The van der Waals surface area contributed by atoms with Crippen molar-refractivity contribution in [1.82, 2.24) is 10.2 Å². The maximum atomic E-state index is 12.9. The van der Waals surface area contributed by atoms with Gasteiger partial charge in [-0.1, -0.05) is 50.2 Å². The third-order valence-corrected chi connectivity index (χ3v) is 4.92. The summed E-state index contributed by atoms with van der Waals surface area (Å²) in [4.78, 5) is 26.6. The van der Waals surface area contributed by atoms with Gasteiger partial charge in [0.15, 0.2) is 6.61 Å². The highest BCUT2D eigenvalue weighted by atomic mass is 16.5. The fourth-order valence-electron chi connectivity index (χ4n) is 2.94. The fourth-order valence-corrected chi connectivity index (χ4v) is 2.94. The molecular formula is C23H30N2O3. The summed E-state index contributed by atoms with van der Waals surface area (Å²) in [5.41, 5.74) is 3.30. The van der Waals surface area contributed by atoms with Crippen LogP contribution in [0.15, 0.2) is 48.5 Å². The van der Waals surface area contributed by atoms with Crippen molar-refractivity contribution in [2.45, 2.75) is 46.2 Å². The Kier molecular flexibility index (Phi) is 7.61. The zero-order valence-electron chi connectivity index (χ0n) is 17.4. The first-order valence-electron chi connectivity index (χ1n) is 9.61. The van der Waals surface area contributed by atoms with E-state index in [4.69, 9.17) is 4.74 Å². The molecule has 0 heterocycles. The van der Waals surface area contributed by atoms with E-state index in [9.17, 15) is 9.59 Å². The summed E-state index contributed by atoms with van der Waals surface area (Å²) >= 11 is 0. The maximum absolute atomic E-state index is 12.9. The molecule has 1 atom stereocenters. The van der Waals surface area contributed by atoms with Crippen LogP contribution in [0.2, 0.25) is 0 Å². The highest BCUT2D eigenvalue weighted by molar-refractivity contribution is 5.87. The first-order chi connectivity index (χ1) is 13.3. The molecule has 0 bridgehead atoms. The van der Waals surface area contributed by atoms with Gasteiger partial charge in [0.05, 0.1) is 0 Å². The minimum absolute atomic E-state index is 0.117. The molecule has 1 N–H and O–H groups in total. The summed E-state index contributed by atoms with van der Waals surface area (Å²) in [6.45, 7) is 8.22. The number of aryl methyl sites for hydroxylation is 1. The first kappa shape index (κ1) is 21.5. The van der Waals surface area contributed by atoms with E-state index in [2.05, 4.69) is 19.2 Å². The van der Waals surface area contributed by atoms with E-state index in [0.29, 0.717) is 18.2 Å². The van der Waals surface area contributed by atoms with Crippen molar-refractivity contribution in [1.29, 1.82) is 0 Å². The van der Waals surface area contributed by atoms with Gasteiger partial charge >= 0.3 is 0 Å². The normalized spacial score (nSPS) is 11.8. The molecule has 0 aliphatic carbocycles. The number of ether oxygens (including phenoxy) is 1. The molecule has 0 saturated carbocycles. The fraction of sp³-hybridized carbons (Fsp3) is 0.391. The molecule has 28 heavy (non-hydrogen) atoms. The average Bonchev–Trinajstić information content (AvgIpc) is 2.70. The maximum Gasteiger partial charge on any atom is 0.261 e. The predicted octanol–water partition coefficient (Wildman–Crippen LogP) is 3.66. The second kappa shape index (κ2) is 9.93. The zero-order chi connectivity index (χ0) is 20.7. The van der Waals surface area contributed by atoms with Crippen molar-refractivity contribution >= 4 is 11.8 Å². The third kappa shape index (κ3) is 5.59. The van der Waals surface area contributed by atoms with Gasteiger partial charge in [-0.05, 0) is 48.6 Å². The van der Waals surface area contributed by atoms with E-state index in [1.807, 2.05) is 55.5 Å². The molecule has 5 nitrogen and oxygen atoms in total. The van der Waals surface area contributed by atoms with Crippen molar-refractivity contribution in [3.63, 3.8) is 0 Å². The number of rotatable bonds is 8. The van der Waals surface area contributed by atoms with Crippen LogP contribution in [0.3, 0.4) is 0 Å². The Morgan fingerprint density at radius 3 is 2.25 bits per heavy atom. The molecule has 0 fully saturated rings. The number of hydrogen-bond acceptors (Lipinski definition) is 3. The third-order valence-electron chi connectivity index (χ3n) is 4.92. The van der Waals surface area contributed by atoms with Gasteiger partial charge < -0.3 is 15.0 Å². The van der Waals surface area contributed by atoms with Crippen LogP contribution in [-0.4, -0.2) is 36.4 Å². The summed E-state index contributed by atoms with van der Waals surface area (Å²) in [5, 5.41) is 2.62. The van der Waals surface area contributed by atoms with Crippen molar-refractivity contribution < 1.29 is 14.3 Å². The lowest BCUT2D eigenvalue weighted by atomic mass is 10.0. The van der Waals surface area contributed by atoms with Crippen LogP contribution >= 0.6 is 0 Å². The molecule has 2 amide bonds. The van der Waals surface area contributed by atoms with Crippen LogP contribution in [0.5, 0.6) is 5.75 Å². The summed E-state index contributed by atoms with van der Waals surface area (Å²) in [6.07, 6.45) is 0. The van der Waals surface area contributed by atoms with Gasteiger partial charge in [-0.3, -0.25) is 9.59 Å². The van der Waals surface area contributed by atoms with Gasteiger partial charge in [0.1, 0.15) is 11.8 Å². The molecule has 150 valence electrons. The van der Waals surface area contributed by atoms with Gasteiger partial charge in [0, 0.05) is 13.6 Å². The Morgan fingerprint density at radius 2 is 1.68 bits per heavy atom. The lowest BCUT2D eigenvalue weighted by Crippen LogP contribution is -2.48. The summed E-state index contributed by atoms with van der Waals surface area (Å²) in [6, 6.07) is 15.0. The lowest BCUT2D eigenvalue weighted by Gasteiger charge is -2.28.